The van der Waals surface area contributed by atoms with Gasteiger partial charge in [0.05, 0.1) is 30.0 Å². The standard InChI is InChI=1S/C25H28F4N8O2S/c1-35(2)25-31-10-19(40-25)24(38)30-11-20-33-23(34-39-20)18-9-13-15(32-16-7-8-36(3)12-14(16)26)5-4-6-17(13)37(18)22(29)21(27)28/h4-6,9-10,14,16,21-22,32H,7-8,11-12H2,1-3H3,(H,30,38)/t14-,16+,22?/m0/s1. The van der Waals surface area contributed by atoms with Crippen LogP contribution in [0.5, 0.6) is 0 Å². The number of fused-ring (bicyclic) bond motifs is 1. The minimum absolute atomic E-state index is 0.00472. The van der Waals surface area contributed by atoms with Crippen molar-refractivity contribution in [3.05, 3.63) is 41.2 Å². The zero-order chi connectivity index (χ0) is 28.6. The van der Waals surface area contributed by atoms with Crippen LogP contribution >= 0.6 is 11.3 Å². The summed E-state index contributed by atoms with van der Waals surface area (Å²) in [6.45, 7) is 0.816. The summed E-state index contributed by atoms with van der Waals surface area (Å²) in [6, 6.07) is 5.76. The van der Waals surface area contributed by atoms with Crippen LogP contribution in [0.1, 0.15) is 28.3 Å². The molecule has 5 rings (SSSR count). The van der Waals surface area contributed by atoms with E-state index in [1.54, 1.807) is 31.1 Å². The Labute approximate surface area is 231 Å². The molecule has 1 fully saturated rings. The van der Waals surface area contributed by atoms with E-state index in [2.05, 4.69) is 25.8 Å². The van der Waals surface area contributed by atoms with E-state index in [0.717, 1.165) is 4.57 Å². The molecule has 0 radical (unpaired) electrons. The van der Waals surface area contributed by atoms with Crippen molar-refractivity contribution in [2.45, 2.75) is 37.9 Å². The van der Waals surface area contributed by atoms with E-state index >= 15 is 0 Å². The maximum atomic E-state index is 14.9. The summed E-state index contributed by atoms with van der Waals surface area (Å²) in [4.78, 5) is 24.9. The molecule has 214 valence electrons. The zero-order valence-electron chi connectivity index (χ0n) is 21.9. The molecular weight excluding hydrogens is 552 g/mol. The summed E-state index contributed by atoms with van der Waals surface area (Å²) >= 11 is 1.20. The number of carbonyl (C=O) groups excluding carboxylic acids is 1. The molecule has 10 nitrogen and oxygen atoms in total. The molecule has 15 heteroatoms. The Morgan fingerprint density at radius 1 is 1.30 bits per heavy atom. The van der Waals surface area contributed by atoms with Crippen LogP contribution in [0.25, 0.3) is 22.4 Å². The molecule has 0 spiro atoms. The van der Waals surface area contributed by atoms with Crippen LogP contribution in [-0.4, -0.2) is 83.4 Å². The topological polar surface area (TPSA) is 104 Å². The Morgan fingerprint density at radius 3 is 2.80 bits per heavy atom. The molecule has 40 heavy (non-hydrogen) atoms. The highest BCUT2D eigenvalue weighted by Gasteiger charge is 2.31. The van der Waals surface area contributed by atoms with Gasteiger partial charge in [0.15, 0.2) is 5.13 Å². The summed E-state index contributed by atoms with van der Waals surface area (Å²) in [6.07, 6.45) is -5.17. The maximum absolute atomic E-state index is 14.9. The number of likely N-dealkylation sites (tertiary alicyclic amines) is 1. The van der Waals surface area contributed by atoms with E-state index in [1.807, 2.05) is 11.9 Å². The SMILES string of the molecule is CN1CC[C@@H](Nc2cccc3c2cc(-c2noc(CNC(=O)c4cnc(N(C)C)s4)n2)n3C(F)C(F)F)[C@@H](F)C1. The highest BCUT2D eigenvalue weighted by atomic mass is 32.1. The van der Waals surface area contributed by atoms with Crippen molar-refractivity contribution in [1.29, 1.82) is 0 Å². The van der Waals surface area contributed by atoms with E-state index < -0.39 is 30.8 Å². The highest BCUT2D eigenvalue weighted by Crippen LogP contribution is 2.37. The number of alkyl halides is 4. The number of carbonyl (C=O) groups is 1. The van der Waals surface area contributed by atoms with Crippen molar-refractivity contribution in [2.24, 2.45) is 0 Å². The van der Waals surface area contributed by atoms with Crippen molar-refractivity contribution in [1.82, 2.24) is 29.9 Å². The number of anilines is 2. The predicted octanol–water partition coefficient (Wildman–Crippen LogP) is 4.33. The van der Waals surface area contributed by atoms with Crippen LogP contribution in [0.2, 0.25) is 0 Å². The van der Waals surface area contributed by atoms with Crippen molar-refractivity contribution in [2.75, 3.05) is 44.4 Å². The molecule has 4 heterocycles. The van der Waals surface area contributed by atoms with Crippen molar-refractivity contribution in [3.63, 3.8) is 0 Å². The Morgan fingerprint density at radius 2 is 2.10 bits per heavy atom. The first-order chi connectivity index (χ1) is 19.1. The number of amides is 1. The van der Waals surface area contributed by atoms with Gasteiger partial charge >= 0.3 is 0 Å². The molecular formula is C25H28F4N8O2S. The molecule has 3 atom stereocenters. The maximum Gasteiger partial charge on any atom is 0.288 e. The molecule has 1 amide bonds. The third-order valence-corrected chi connectivity index (χ3v) is 7.78. The quantitative estimate of drug-likeness (QED) is 0.282. The average Bonchev–Trinajstić information content (AvgIpc) is 3.67. The van der Waals surface area contributed by atoms with Gasteiger partial charge in [0.25, 0.3) is 12.3 Å². The number of hydrogen-bond acceptors (Lipinski definition) is 9. The van der Waals surface area contributed by atoms with E-state index in [0.29, 0.717) is 34.0 Å². The molecule has 2 N–H and O–H groups in total. The first-order valence-corrected chi connectivity index (χ1v) is 13.3. The Hall–Kier alpha value is -3.72. The average molecular weight is 581 g/mol. The smallest absolute Gasteiger partial charge is 0.288 e. The van der Waals surface area contributed by atoms with Gasteiger partial charge in [-0.15, -0.1) is 0 Å². The molecule has 1 aromatic carbocycles. The van der Waals surface area contributed by atoms with E-state index in [9.17, 15) is 22.4 Å². The Balaban J connectivity index is 1.41. The second kappa shape index (κ2) is 11.4. The number of thiazole rings is 1. The van der Waals surface area contributed by atoms with Gasteiger partial charge in [-0.2, -0.15) is 4.98 Å². The van der Waals surface area contributed by atoms with Gasteiger partial charge in [-0.1, -0.05) is 22.6 Å². The fraction of sp³-hybridized carbons (Fsp3) is 0.440. The highest BCUT2D eigenvalue weighted by molar-refractivity contribution is 7.17. The van der Waals surface area contributed by atoms with Gasteiger partial charge in [0, 0.05) is 38.3 Å². The first-order valence-electron chi connectivity index (χ1n) is 12.5. The van der Waals surface area contributed by atoms with Gasteiger partial charge in [0.2, 0.25) is 18.0 Å². The summed E-state index contributed by atoms with van der Waals surface area (Å²) in [5, 5.41) is 10.7. The predicted molar refractivity (Wildman–Crippen MR) is 143 cm³/mol. The zero-order valence-corrected chi connectivity index (χ0v) is 22.8. The number of piperidine rings is 1. The fourth-order valence-corrected chi connectivity index (χ4v) is 5.35. The third kappa shape index (κ3) is 5.61. The normalized spacial score (nSPS) is 18.8. The van der Waals surface area contributed by atoms with Gasteiger partial charge < -0.3 is 29.5 Å². The van der Waals surface area contributed by atoms with Gasteiger partial charge in [-0.05, 0) is 31.7 Å². The number of nitrogens with one attached hydrogen (secondary N) is 2. The molecule has 3 aromatic heterocycles. The number of aromatic nitrogens is 4. The lowest BCUT2D eigenvalue weighted by molar-refractivity contribution is 0.0114. The minimum Gasteiger partial charge on any atom is -0.379 e. The van der Waals surface area contributed by atoms with Crippen LogP contribution in [0.15, 0.2) is 35.0 Å². The van der Waals surface area contributed by atoms with E-state index in [-0.39, 0.29) is 36.0 Å². The molecule has 1 saturated heterocycles. The van der Waals surface area contributed by atoms with Gasteiger partial charge in [-0.3, -0.25) is 4.79 Å². The van der Waals surface area contributed by atoms with Crippen molar-refractivity contribution in [3.8, 4) is 11.5 Å². The fourth-order valence-electron chi connectivity index (χ4n) is 4.60. The van der Waals surface area contributed by atoms with Crippen LogP contribution < -0.4 is 15.5 Å². The lowest BCUT2D eigenvalue weighted by Crippen LogP contribution is -2.46. The lowest BCUT2D eigenvalue weighted by Gasteiger charge is -2.33. The second-order valence-corrected chi connectivity index (χ2v) is 10.8. The molecule has 1 aliphatic heterocycles. The number of rotatable bonds is 9. The van der Waals surface area contributed by atoms with Crippen molar-refractivity contribution >= 4 is 39.0 Å². The Kier molecular flexibility index (Phi) is 7.94. The van der Waals surface area contributed by atoms with Crippen molar-refractivity contribution < 1.29 is 26.9 Å². The summed E-state index contributed by atoms with van der Waals surface area (Å²) in [5.41, 5.74) is 0.600. The first kappa shape index (κ1) is 27.8. The summed E-state index contributed by atoms with van der Waals surface area (Å²) in [7, 11) is 5.45. The number of nitrogens with zero attached hydrogens (tertiary/aromatic N) is 6. The van der Waals surface area contributed by atoms with Crippen LogP contribution in [-0.2, 0) is 6.54 Å². The second-order valence-electron chi connectivity index (χ2n) is 9.76. The molecule has 1 unspecified atom stereocenters. The number of hydrogen-bond donors (Lipinski definition) is 2. The van der Waals surface area contributed by atoms with Crippen LogP contribution in [0, 0.1) is 0 Å². The summed E-state index contributed by atoms with van der Waals surface area (Å²) in [5.74, 6) is -0.545. The van der Waals surface area contributed by atoms with Gasteiger partial charge in [-0.25, -0.2) is 22.5 Å². The van der Waals surface area contributed by atoms with Gasteiger partial charge in [0.1, 0.15) is 11.0 Å². The number of benzene rings is 1. The molecule has 0 bridgehead atoms. The molecule has 1 aliphatic rings. The van der Waals surface area contributed by atoms with E-state index in [4.69, 9.17) is 4.52 Å². The molecule has 4 aromatic rings. The van der Waals surface area contributed by atoms with Crippen LogP contribution in [0.3, 0.4) is 0 Å². The monoisotopic (exact) mass is 580 g/mol. The number of halogens is 4. The molecule has 0 saturated carbocycles. The third-order valence-electron chi connectivity index (χ3n) is 6.62. The lowest BCUT2D eigenvalue weighted by atomic mass is 10.0. The van der Waals surface area contributed by atoms with E-state index in [1.165, 1.54) is 29.7 Å². The Bertz CT molecular complexity index is 1490. The molecule has 0 aliphatic carbocycles. The summed E-state index contributed by atoms with van der Waals surface area (Å²) < 4.78 is 62.9. The largest absolute Gasteiger partial charge is 0.379 e. The van der Waals surface area contributed by atoms with Crippen LogP contribution in [0.4, 0.5) is 28.4 Å². The minimum atomic E-state index is -3.33.